The van der Waals surface area contributed by atoms with Gasteiger partial charge in [0, 0.05) is 0 Å². The van der Waals surface area contributed by atoms with E-state index in [-0.39, 0.29) is 41.6 Å². The second-order valence-corrected chi connectivity index (χ2v) is 29.5. The summed E-state index contributed by atoms with van der Waals surface area (Å²) in [4.78, 5) is 0. The number of halogens is 2. The summed E-state index contributed by atoms with van der Waals surface area (Å²) in [5.41, 5.74) is 20.5. The van der Waals surface area contributed by atoms with E-state index in [9.17, 15) is 0 Å². The van der Waals surface area contributed by atoms with Gasteiger partial charge >= 0.3 is 338 Å². The van der Waals surface area contributed by atoms with Crippen LogP contribution in [0.2, 0.25) is 0 Å². The molecule has 306 valence electrons. The molecule has 0 saturated carbocycles. The largest absolute Gasteiger partial charge is 1.00 e. The van der Waals surface area contributed by atoms with Crippen LogP contribution in [-0.2, 0) is 33.2 Å². The molecule has 0 spiro atoms. The Hall–Kier alpha value is -4.04. The molecule has 9 rings (SSSR count). The number of fused-ring (bicyclic) bond motifs is 4. The molecule has 0 heterocycles. The van der Waals surface area contributed by atoms with Crippen molar-refractivity contribution in [2.45, 2.75) is 81.7 Å². The zero-order chi connectivity index (χ0) is 40.9. The summed E-state index contributed by atoms with van der Waals surface area (Å²) < 4.78 is 0.459. The van der Waals surface area contributed by atoms with Gasteiger partial charge < -0.3 is 24.8 Å². The topological polar surface area (TPSA) is 0 Å². The van der Waals surface area contributed by atoms with Crippen LogP contribution in [0.25, 0.3) is 39.5 Å². The maximum absolute atomic E-state index is 2.64. The van der Waals surface area contributed by atoms with Gasteiger partial charge in [-0.25, -0.2) is 0 Å². The number of benzene rings is 7. The third kappa shape index (κ3) is 8.69. The van der Waals surface area contributed by atoms with Crippen molar-refractivity contribution in [3.05, 3.63) is 208 Å². The smallest absolute Gasteiger partial charge is 1.00 e. The van der Waals surface area contributed by atoms with E-state index in [1.54, 1.807) is 32.6 Å². The summed E-state index contributed by atoms with van der Waals surface area (Å²) in [7, 11) is 0. The third-order valence-corrected chi connectivity index (χ3v) is 26.9. The van der Waals surface area contributed by atoms with E-state index in [2.05, 4.69) is 218 Å². The van der Waals surface area contributed by atoms with Crippen LogP contribution in [0.4, 0.5) is 0 Å². The molecule has 4 heteroatoms. The Labute approximate surface area is 389 Å². The van der Waals surface area contributed by atoms with Crippen LogP contribution >= 0.6 is 0 Å². The zero-order valence-corrected chi connectivity index (χ0v) is 41.7. The number of rotatable bonds is 9. The van der Waals surface area contributed by atoms with Crippen LogP contribution in [0, 0.1) is 0 Å². The molecule has 0 aromatic heterocycles. The van der Waals surface area contributed by atoms with Gasteiger partial charge in [-0.2, -0.15) is 0 Å². The summed E-state index contributed by atoms with van der Waals surface area (Å²) in [5.74, 6) is -1.28. The maximum atomic E-state index is 2.64. The fourth-order valence-electron chi connectivity index (χ4n) is 9.87. The van der Waals surface area contributed by atoms with Crippen molar-refractivity contribution in [3.63, 3.8) is 0 Å². The first-order valence-electron chi connectivity index (χ1n) is 21.7. The second-order valence-electron chi connectivity index (χ2n) is 18.8. The van der Waals surface area contributed by atoms with Crippen molar-refractivity contribution >= 4 is 22.4 Å². The van der Waals surface area contributed by atoms with E-state index >= 15 is 0 Å². The van der Waals surface area contributed by atoms with Crippen LogP contribution in [-0.4, -0.2) is 5.92 Å². The van der Waals surface area contributed by atoms with Gasteiger partial charge in [0.2, 0.25) is 0 Å². The van der Waals surface area contributed by atoms with E-state index in [0.717, 1.165) is 12.8 Å². The normalized spacial score (nSPS) is 15.2. The Kier molecular flexibility index (Phi) is 13.5. The fourth-order valence-corrected chi connectivity index (χ4v) is 24.6. The average molecular weight is 931 g/mol. The quantitative estimate of drug-likeness (QED) is 0.131. The molecule has 0 radical (unpaired) electrons. The van der Waals surface area contributed by atoms with Crippen LogP contribution in [0.1, 0.15) is 110 Å². The minimum absolute atomic E-state index is 0. The first-order valence-corrected chi connectivity index (χ1v) is 29.1. The molecule has 0 bridgehead atoms. The summed E-state index contributed by atoms with van der Waals surface area (Å²) in [6.45, 7) is 16.8. The van der Waals surface area contributed by atoms with Crippen molar-refractivity contribution in [3.8, 4) is 33.4 Å². The maximum Gasteiger partial charge on any atom is -1.00 e. The van der Waals surface area contributed by atoms with Gasteiger partial charge in [0.1, 0.15) is 0 Å². The molecule has 61 heavy (non-hydrogen) atoms. The molecule has 0 amide bonds. The van der Waals surface area contributed by atoms with Crippen molar-refractivity contribution in [2.75, 3.05) is 0 Å². The first kappa shape index (κ1) is 45.0. The Morgan fingerprint density at radius 2 is 1.08 bits per heavy atom. The van der Waals surface area contributed by atoms with E-state index < -0.39 is 28.3 Å². The first-order chi connectivity index (χ1) is 28.5. The molecule has 2 aliphatic rings. The summed E-state index contributed by atoms with van der Waals surface area (Å²) >= 11 is -1.16. The molecular weight excluding hydrogens is 875 g/mol. The van der Waals surface area contributed by atoms with Crippen molar-refractivity contribution < 1.29 is 47.2 Å². The van der Waals surface area contributed by atoms with Gasteiger partial charge in [0.25, 0.3) is 0 Å². The number of allylic oxidation sites excluding steroid dienone is 1. The minimum atomic E-state index is -1.51. The van der Waals surface area contributed by atoms with E-state index in [1.165, 1.54) is 55.6 Å². The molecule has 0 saturated heterocycles. The van der Waals surface area contributed by atoms with Gasteiger partial charge in [0.15, 0.2) is 0 Å². The number of hydrogen-bond donors (Lipinski definition) is 0. The Morgan fingerprint density at radius 1 is 0.508 bits per heavy atom. The van der Waals surface area contributed by atoms with Crippen LogP contribution < -0.4 is 35.2 Å². The monoisotopic (exact) mass is 928 g/mol. The molecular formula is C57H56Cl2SiZr. The Balaban J connectivity index is 0.00000281. The van der Waals surface area contributed by atoms with Crippen LogP contribution in [0.3, 0.4) is 0 Å². The van der Waals surface area contributed by atoms with Crippen molar-refractivity contribution in [1.29, 1.82) is 0 Å². The predicted molar refractivity (Wildman–Crippen MR) is 252 cm³/mol. The molecule has 0 N–H and O–H groups in total. The standard InChI is InChI=1S/C45H45.C12H11Si.2ClH.Zr/c1-8-13-32-27-39-35(31-20-18-30(19-21-31)29-14-10-9-11-15-29)16-12-17-38(39)42(32)43-40-28-33-26-34(44(2,3)4)22-23-36(33)37(40)24-25-41(43)45(5,6)7;1-3-7-11(8-4-1)13-12-9-5-2-6-10-12;;;/h9-12,14-28,42H,8,13H2,1-7H3;1-10,13H;2*1H;/q;;;;+2/p-2. The van der Waals surface area contributed by atoms with E-state index in [0.29, 0.717) is 3.63 Å². The molecule has 7 aromatic carbocycles. The van der Waals surface area contributed by atoms with E-state index in [4.69, 9.17) is 0 Å². The van der Waals surface area contributed by atoms with Gasteiger partial charge in [-0.05, 0) is 0 Å². The van der Waals surface area contributed by atoms with Gasteiger partial charge in [-0.3, -0.25) is 0 Å². The molecule has 7 aromatic rings. The summed E-state index contributed by atoms with van der Waals surface area (Å²) in [5, 5.41) is 3.20. The Bertz CT molecular complexity index is 2620. The van der Waals surface area contributed by atoms with Crippen molar-refractivity contribution in [1.82, 2.24) is 0 Å². The molecule has 0 fully saturated rings. The molecule has 0 aliphatic heterocycles. The average Bonchev–Trinajstić information content (AvgIpc) is 3.77. The molecule has 2 unspecified atom stereocenters. The predicted octanol–water partition coefficient (Wildman–Crippen LogP) is 7.64. The fraction of sp³-hybridized carbons (Fsp3) is 0.228. The molecule has 2 atom stereocenters. The Morgan fingerprint density at radius 3 is 1.67 bits per heavy atom. The SMILES string of the molecule is CCCC1=Cc2c(-c3ccc(-c4ccccc4)cc3)cccc2C1c1c(C(C)(C)C)ccc2c1[CH]([Zr+2][SiH](c1ccccc1)c1ccccc1)c1cc(C(C)(C)C)ccc1-2.[Cl-].[Cl-]. The summed E-state index contributed by atoms with van der Waals surface area (Å²) in [6, 6.07) is 63.1. The van der Waals surface area contributed by atoms with E-state index in [1.807, 2.05) is 0 Å². The van der Waals surface area contributed by atoms with Crippen LogP contribution in [0.15, 0.2) is 169 Å². The summed E-state index contributed by atoms with van der Waals surface area (Å²) in [6.07, 6.45) is 4.83. The number of hydrogen-bond acceptors (Lipinski definition) is 0. The molecule has 0 nitrogen and oxygen atoms in total. The van der Waals surface area contributed by atoms with Gasteiger partial charge in [0.05, 0.1) is 0 Å². The zero-order valence-electron chi connectivity index (χ0n) is 36.6. The van der Waals surface area contributed by atoms with Crippen LogP contribution in [0.5, 0.6) is 0 Å². The van der Waals surface area contributed by atoms with Crippen molar-refractivity contribution in [2.24, 2.45) is 0 Å². The minimum Gasteiger partial charge on any atom is -1.00 e. The van der Waals surface area contributed by atoms with Gasteiger partial charge in [-0.15, -0.1) is 0 Å². The third-order valence-electron chi connectivity index (χ3n) is 12.8. The van der Waals surface area contributed by atoms with Gasteiger partial charge in [-0.1, -0.05) is 30.3 Å². The second kappa shape index (κ2) is 18.4. The molecule has 2 aliphatic carbocycles.